The Kier molecular flexibility index (Phi) is 3.65. The van der Waals surface area contributed by atoms with Crippen molar-refractivity contribution in [2.45, 2.75) is 51.1 Å². The maximum atomic E-state index is 5.58. The number of nitrogens with zero attached hydrogens (tertiary/aromatic N) is 1. The lowest BCUT2D eigenvalue weighted by atomic mass is 9.88. The van der Waals surface area contributed by atoms with E-state index in [0.29, 0.717) is 5.54 Å². The van der Waals surface area contributed by atoms with Crippen LogP contribution in [0.15, 0.2) is 0 Å². The third kappa shape index (κ3) is 2.59. The lowest BCUT2D eigenvalue weighted by molar-refractivity contribution is 0.00565. The molecule has 0 aromatic carbocycles. The zero-order valence-corrected chi connectivity index (χ0v) is 12.0. The highest BCUT2D eigenvalue weighted by atomic mass is 16.5. The molecule has 0 bridgehead atoms. The van der Waals surface area contributed by atoms with E-state index in [1.807, 2.05) is 0 Å². The summed E-state index contributed by atoms with van der Waals surface area (Å²) < 4.78 is 5.58. The zero-order valence-electron chi connectivity index (χ0n) is 12.0. The van der Waals surface area contributed by atoms with Gasteiger partial charge >= 0.3 is 0 Å². The molecule has 3 heteroatoms. The van der Waals surface area contributed by atoms with Crippen LogP contribution < -0.4 is 5.32 Å². The second kappa shape index (κ2) is 5.10. The van der Waals surface area contributed by atoms with E-state index in [-0.39, 0.29) is 0 Å². The lowest BCUT2D eigenvalue weighted by Crippen LogP contribution is -2.65. The molecule has 2 aliphatic carbocycles. The zero-order chi connectivity index (χ0) is 12.6. The molecule has 1 heterocycles. The molecule has 3 fully saturated rings. The van der Waals surface area contributed by atoms with Crippen LogP contribution in [0.1, 0.15) is 39.5 Å². The summed E-state index contributed by atoms with van der Waals surface area (Å²) in [5.41, 5.74) is 0.391. The van der Waals surface area contributed by atoms with Crippen LogP contribution in [0.4, 0.5) is 0 Å². The number of ether oxygens (including phenoxy) is 1. The summed E-state index contributed by atoms with van der Waals surface area (Å²) in [5, 5.41) is 3.83. The Morgan fingerprint density at radius 1 is 1.28 bits per heavy atom. The van der Waals surface area contributed by atoms with Gasteiger partial charge in [-0.1, -0.05) is 0 Å². The molecule has 0 spiro atoms. The fraction of sp³-hybridized carbons (Fsp3) is 1.00. The van der Waals surface area contributed by atoms with Crippen molar-refractivity contribution in [1.82, 2.24) is 10.2 Å². The van der Waals surface area contributed by atoms with Crippen LogP contribution in [0.25, 0.3) is 0 Å². The van der Waals surface area contributed by atoms with Crippen LogP contribution in [0.2, 0.25) is 0 Å². The van der Waals surface area contributed by atoms with Crippen molar-refractivity contribution in [3.05, 3.63) is 0 Å². The van der Waals surface area contributed by atoms with Crippen molar-refractivity contribution < 1.29 is 4.74 Å². The van der Waals surface area contributed by atoms with Gasteiger partial charge in [0.1, 0.15) is 0 Å². The maximum absolute atomic E-state index is 5.58. The minimum absolute atomic E-state index is 0.391. The van der Waals surface area contributed by atoms with E-state index >= 15 is 0 Å². The highest BCUT2D eigenvalue weighted by Gasteiger charge is 2.49. The Labute approximate surface area is 111 Å². The van der Waals surface area contributed by atoms with E-state index in [1.54, 1.807) is 0 Å². The molecule has 0 radical (unpaired) electrons. The number of nitrogens with one attached hydrogen (secondary N) is 1. The van der Waals surface area contributed by atoms with Gasteiger partial charge in [-0.25, -0.2) is 0 Å². The van der Waals surface area contributed by atoms with Gasteiger partial charge in [-0.05, 0) is 51.4 Å². The molecule has 1 saturated heterocycles. The van der Waals surface area contributed by atoms with Crippen LogP contribution in [0, 0.1) is 11.8 Å². The van der Waals surface area contributed by atoms with Crippen LogP contribution in [-0.4, -0.2) is 49.3 Å². The van der Waals surface area contributed by atoms with E-state index in [0.717, 1.165) is 37.6 Å². The van der Waals surface area contributed by atoms with E-state index in [9.17, 15) is 0 Å². The molecule has 2 saturated carbocycles. The van der Waals surface area contributed by atoms with Gasteiger partial charge in [-0.3, -0.25) is 4.90 Å². The van der Waals surface area contributed by atoms with Gasteiger partial charge in [0, 0.05) is 37.8 Å². The maximum Gasteiger partial charge on any atom is 0.0593 e. The van der Waals surface area contributed by atoms with Crippen molar-refractivity contribution in [3.63, 3.8) is 0 Å². The van der Waals surface area contributed by atoms with Gasteiger partial charge in [0.25, 0.3) is 0 Å². The van der Waals surface area contributed by atoms with Gasteiger partial charge in [-0.2, -0.15) is 0 Å². The Balaban J connectivity index is 1.61. The molecular formula is C15H28N2O. The SMILES string of the molecule is CCOCCN1CC(C2CC2)NCC1(C)C1CC1. The molecule has 3 rings (SSSR count). The summed E-state index contributed by atoms with van der Waals surface area (Å²) in [7, 11) is 0. The molecule has 2 unspecified atom stereocenters. The molecule has 3 nitrogen and oxygen atoms in total. The predicted molar refractivity (Wildman–Crippen MR) is 73.7 cm³/mol. The summed E-state index contributed by atoms with van der Waals surface area (Å²) in [6, 6.07) is 0.749. The summed E-state index contributed by atoms with van der Waals surface area (Å²) in [5.74, 6) is 1.88. The van der Waals surface area contributed by atoms with Crippen molar-refractivity contribution in [2.24, 2.45) is 11.8 Å². The second-order valence-electron chi connectivity index (χ2n) is 6.60. The van der Waals surface area contributed by atoms with Crippen molar-refractivity contribution >= 4 is 0 Å². The summed E-state index contributed by atoms with van der Waals surface area (Å²) in [6.07, 6.45) is 5.74. The van der Waals surface area contributed by atoms with Gasteiger partial charge in [0.15, 0.2) is 0 Å². The van der Waals surface area contributed by atoms with Crippen LogP contribution in [0.3, 0.4) is 0 Å². The fourth-order valence-corrected chi connectivity index (χ4v) is 3.55. The minimum Gasteiger partial charge on any atom is -0.380 e. The number of hydrogen-bond acceptors (Lipinski definition) is 3. The molecule has 0 aromatic rings. The van der Waals surface area contributed by atoms with Crippen LogP contribution >= 0.6 is 0 Å². The Bertz CT molecular complexity index is 288. The Hall–Kier alpha value is -0.120. The van der Waals surface area contributed by atoms with Crippen LogP contribution in [-0.2, 0) is 4.74 Å². The van der Waals surface area contributed by atoms with E-state index in [1.165, 1.54) is 38.8 Å². The van der Waals surface area contributed by atoms with E-state index in [4.69, 9.17) is 4.74 Å². The average molecular weight is 252 g/mol. The normalized spacial score (nSPS) is 38.0. The Morgan fingerprint density at radius 2 is 2.06 bits per heavy atom. The van der Waals surface area contributed by atoms with Gasteiger partial charge in [0.2, 0.25) is 0 Å². The minimum atomic E-state index is 0.391. The first-order valence-electron chi connectivity index (χ1n) is 7.80. The molecule has 1 N–H and O–H groups in total. The number of hydrogen-bond donors (Lipinski definition) is 1. The molecule has 1 aliphatic heterocycles. The first-order chi connectivity index (χ1) is 8.74. The second-order valence-corrected chi connectivity index (χ2v) is 6.60. The van der Waals surface area contributed by atoms with Crippen molar-refractivity contribution in [1.29, 1.82) is 0 Å². The smallest absolute Gasteiger partial charge is 0.0593 e. The van der Waals surface area contributed by atoms with Gasteiger partial charge < -0.3 is 10.1 Å². The molecule has 18 heavy (non-hydrogen) atoms. The number of rotatable bonds is 6. The summed E-state index contributed by atoms with van der Waals surface area (Å²) in [6.45, 7) is 9.84. The molecule has 0 amide bonds. The molecule has 0 aromatic heterocycles. The third-order valence-electron chi connectivity index (χ3n) is 5.22. The standard InChI is InChI=1S/C15H28N2O/c1-3-18-9-8-17-10-14(12-4-5-12)16-11-15(17,2)13-6-7-13/h12-14,16H,3-11H2,1-2H3. The summed E-state index contributed by atoms with van der Waals surface area (Å²) >= 11 is 0. The molecule has 104 valence electrons. The van der Waals surface area contributed by atoms with E-state index < -0.39 is 0 Å². The third-order valence-corrected chi connectivity index (χ3v) is 5.22. The highest BCUT2D eigenvalue weighted by molar-refractivity contribution is 5.06. The van der Waals surface area contributed by atoms with Crippen molar-refractivity contribution in [2.75, 3.05) is 32.8 Å². The fourth-order valence-electron chi connectivity index (χ4n) is 3.55. The Morgan fingerprint density at radius 3 is 2.67 bits per heavy atom. The summed E-state index contributed by atoms with van der Waals surface area (Å²) in [4.78, 5) is 2.74. The van der Waals surface area contributed by atoms with Crippen molar-refractivity contribution in [3.8, 4) is 0 Å². The predicted octanol–water partition coefficient (Wildman–Crippen LogP) is 1.88. The van der Waals surface area contributed by atoms with E-state index in [2.05, 4.69) is 24.1 Å². The first kappa shape index (κ1) is 12.9. The molecule has 2 atom stereocenters. The monoisotopic (exact) mass is 252 g/mol. The van der Waals surface area contributed by atoms with Gasteiger partial charge in [-0.15, -0.1) is 0 Å². The quantitative estimate of drug-likeness (QED) is 0.731. The topological polar surface area (TPSA) is 24.5 Å². The molecular weight excluding hydrogens is 224 g/mol. The first-order valence-corrected chi connectivity index (χ1v) is 7.80. The molecule has 3 aliphatic rings. The number of piperazine rings is 1. The van der Waals surface area contributed by atoms with Gasteiger partial charge in [0.05, 0.1) is 6.61 Å². The lowest BCUT2D eigenvalue weighted by Gasteiger charge is -2.49. The largest absolute Gasteiger partial charge is 0.380 e. The average Bonchev–Trinajstić information content (AvgIpc) is 3.22. The highest BCUT2D eigenvalue weighted by Crippen LogP contribution is 2.45. The van der Waals surface area contributed by atoms with Crippen LogP contribution in [0.5, 0.6) is 0 Å².